The smallest absolute Gasteiger partial charge is 0.322 e. The number of halogens is 2. The van der Waals surface area contributed by atoms with Gasteiger partial charge in [-0.1, -0.05) is 11.6 Å². The minimum atomic E-state index is -0.667. The van der Waals surface area contributed by atoms with Crippen molar-refractivity contribution in [2.75, 3.05) is 31.6 Å². The second kappa shape index (κ2) is 8.22. The van der Waals surface area contributed by atoms with Crippen molar-refractivity contribution < 1.29 is 23.5 Å². The summed E-state index contributed by atoms with van der Waals surface area (Å²) in [4.78, 5) is 38.9. The van der Waals surface area contributed by atoms with Crippen molar-refractivity contribution in [1.29, 1.82) is 0 Å². The fraction of sp³-hybridized carbons (Fsp3) is 0.500. The number of amides is 4. The Morgan fingerprint density at radius 2 is 2.11 bits per heavy atom. The summed E-state index contributed by atoms with van der Waals surface area (Å²) in [6.45, 7) is 3.41. The largest absolute Gasteiger partial charge is 0.495 e. The number of carbonyl (C=O) groups is 3. The first-order valence-electron chi connectivity index (χ1n) is 8.99. The molecule has 2 saturated heterocycles. The highest BCUT2D eigenvalue weighted by Gasteiger charge is 2.32. The summed E-state index contributed by atoms with van der Waals surface area (Å²) in [5, 5.41) is 4.57. The Morgan fingerprint density at radius 3 is 2.71 bits per heavy atom. The third-order valence-electron chi connectivity index (χ3n) is 5.02. The monoisotopic (exact) mass is 412 g/mol. The topological polar surface area (TPSA) is 91.0 Å². The lowest BCUT2D eigenvalue weighted by Gasteiger charge is -2.41. The van der Waals surface area contributed by atoms with Gasteiger partial charge < -0.3 is 19.9 Å². The van der Waals surface area contributed by atoms with E-state index in [2.05, 4.69) is 10.6 Å². The fourth-order valence-corrected chi connectivity index (χ4v) is 3.71. The van der Waals surface area contributed by atoms with Crippen molar-refractivity contribution in [2.45, 2.75) is 31.8 Å². The summed E-state index contributed by atoms with van der Waals surface area (Å²) < 4.78 is 19.2. The summed E-state index contributed by atoms with van der Waals surface area (Å²) in [6.07, 6.45) is 0.416. The highest BCUT2D eigenvalue weighted by atomic mass is 35.5. The number of benzene rings is 1. The first-order chi connectivity index (χ1) is 13.3. The standard InChI is InChI=1S/C18H22ClFN4O4/c1-10-9-23(15(25)4-3-13-17(26)22-18(27)21-13)5-6-24(10)11-7-12(20)16(19)14(8-11)28-2/h7-8,10,13H,3-6,9H2,1-2H3,(H2,21,22,26,27)/t10-,13+/m0/s1. The molecule has 10 heteroatoms. The molecule has 1 aromatic carbocycles. The van der Waals surface area contributed by atoms with Gasteiger partial charge >= 0.3 is 6.03 Å². The van der Waals surface area contributed by atoms with Crippen LogP contribution in [0.2, 0.25) is 5.02 Å². The first kappa shape index (κ1) is 20.2. The third-order valence-corrected chi connectivity index (χ3v) is 5.38. The van der Waals surface area contributed by atoms with Crippen molar-refractivity contribution in [3.63, 3.8) is 0 Å². The Labute approximate surface area is 166 Å². The normalized spacial score (nSPS) is 22.1. The van der Waals surface area contributed by atoms with E-state index >= 15 is 0 Å². The predicted octanol–water partition coefficient (Wildman–Crippen LogP) is 1.51. The van der Waals surface area contributed by atoms with Gasteiger partial charge in [-0.2, -0.15) is 0 Å². The van der Waals surface area contributed by atoms with E-state index in [0.717, 1.165) is 0 Å². The molecule has 2 atom stereocenters. The Hall–Kier alpha value is -2.55. The molecule has 0 radical (unpaired) electrons. The molecule has 152 valence electrons. The van der Waals surface area contributed by atoms with Gasteiger partial charge in [-0.25, -0.2) is 9.18 Å². The Balaban J connectivity index is 1.59. The molecule has 28 heavy (non-hydrogen) atoms. The lowest BCUT2D eigenvalue weighted by Crippen LogP contribution is -2.54. The van der Waals surface area contributed by atoms with Gasteiger partial charge in [0.1, 0.15) is 22.6 Å². The molecule has 2 aliphatic heterocycles. The average Bonchev–Trinajstić information content (AvgIpc) is 2.99. The Kier molecular flexibility index (Phi) is 5.93. The molecule has 0 aliphatic carbocycles. The number of imide groups is 1. The van der Waals surface area contributed by atoms with Crippen LogP contribution in [-0.2, 0) is 9.59 Å². The van der Waals surface area contributed by atoms with Crippen LogP contribution >= 0.6 is 11.6 Å². The van der Waals surface area contributed by atoms with E-state index in [0.29, 0.717) is 25.3 Å². The minimum absolute atomic E-state index is 0.0440. The van der Waals surface area contributed by atoms with E-state index in [1.54, 1.807) is 11.0 Å². The number of hydrogen-bond acceptors (Lipinski definition) is 5. The van der Waals surface area contributed by atoms with Crippen LogP contribution < -0.4 is 20.3 Å². The molecule has 1 aromatic rings. The van der Waals surface area contributed by atoms with Gasteiger partial charge in [0.05, 0.1) is 7.11 Å². The van der Waals surface area contributed by atoms with Crippen molar-refractivity contribution in [1.82, 2.24) is 15.5 Å². The zero-order valence-corrected chi connectivity index (χ0v) is 16.4. The number of nitrogens with one attached hydrogen (secondary N) is 2. The SMILES string of the molecule is COc1cc(N2CCN(C(=O)CC[C@H]3NC(=O)NC3=O)C[C@@H]2C)cc(F)c1Cl. The molecule has 0 bridgehead atoms. The van der Waals surface area contributed by atoms with E-state index in [4.69, 9.17) is 16.3 Å². The highest BCUT2D eigenvalue weighted by Crippen LogP contribution is 2.33. The Morgan fingerprint density at radius 1 is 1.36 bits per heavy atom. The zero-order valence-electron chi connectivity index (χ0n) is 15.6. The number of piperazine rings is 1. The number of methoxy groups -OCH3 is 1. The molecular weight excluding hydrogens is 391 g/mol. The molecule has 8 nitrogen and oxygen atoms in total. The molecule has 4 amide bonds. The van der Waals surface area contributed by atoms with Gasteiger partial charge in [0.25, 0.3) is 5.91 Å². The highest BCUT2D eigenvalue weighted by molar-refractivity contribution is 6.32. The maximum Gasteiger partial charge on any atom is 0.322 e. The van der Waals surface area contributed by atoms with Crippen LogP contribution in [0.3, 0.4) is 0 Å². The summed E-state index contributed by atoms with van der Waals surface area (Å²) >= 11 is 5.89. The number of hydrogen-bond donors (Lipinski definition) is 2. The van der Waals surface area contributed by atoms with E-state index in [9.17, 15) is 18.8 Å². The maximum absolute atomic E-state index is 14.1. The summed E-state index contributed by atoms with van der Waals surface area (Å²) in [5.41, 5.74) is 0.642. The van der Waals surface area contributed by atoms with Gasteiger partial charge in [-0.3, -0.25) is 14.9 Å². The van der Waals surface area contributed by atoms with Crippen molar-refractivity contribution in [2.24, 2.45) is 0 Å². The molecule has 2 N–H and O–H groups in total. The zero-order chi connectivity index (χ0) is 20.4. The van der Waals surface area contributed by atoms with Crippen LogP contribution in [-0.4, -0.2) is 61.6 Å². The number of rotatable bonds is 5. The second-order valence-electron chi connectivity index (χ2n) is 6.88. The number of nitrogens with zero attached hydrogens (tertiary/aromatic N) is 2. The minimum Gasteiger partial charge on any atom is -0.495 e. The lowest BCUT2D eigenvalue weighted by atomic mass is 10.1. The second-order valence-corrected chi connectivity index (χ2v) is 7.26. The number of anilines is 1. The van der Waals surface area contributed by atoms with E-state index in [-0.39, 0.29) is 35.6 Å². The van der Waals surface area contributed by atoms with Gasteiger partial charge in [0.15, 0.2) is 0 Å². The van der Waals surface area contributed by atoms with Crippen molar-refractivity contribution in [3.05, 3.63) is 23.0 Å². The van der Waals surface area contributed by atoms with Crippen LogP contribution in [0.15, 0.2) is 12.1 Å². The van der Waals surface area contributed by atoms with Gasteiger partial charge in [-0.05, 0) is 19.4 Å². The molecule has 0 unspecified atom stereocenters. The van der Waals surface area contributed by atoms with Crippen LogP contribution in [0, 0.1) is 5.82 Å². The van der Waals surface area contributed by atoms with Gasteiger partial charge in [-0.15, -0.1) is 0 Å². The summed E-state index contributed by atoms with van der Waals surface area (Å²) in [7, 11) is 1.43. The molecule has 2 fully saturated rings. The van der Waals surface area contributed by atoms with Crippen molar-refractivity contribution in [3.8, 4) is 5.75 Å². The third kappa shape index (κ3) is 4.14. The van der Waals surface area contributed by atoms with Gasteiger partial charge in [0.2, 0.25) is 5.91 Å². The molecule has 0 saturated carbocycles. The first-order valence-corrected chi connectivity index (χ1v) is 9.36. The average molecular weight is 413 g/mol. The molecule has 2 aliphatic rings. The fourth-order valence-electron chi connectivity index (χ4n) is 3.52. The van der Waals surface area contributed by atoms with Crippen molar-refractivity contribution >= 4 is 35.1 Å². The van der Waals surface area contributed by atoms with E-state index in [1.165, 1.54) is 13.2 Å². The summed E-state index contributed by atoms with van der Waals surface area (Å²) in [6, 6.07) is 1.80. The molecule has 2 heterocycles. The molecule has 0 aromatic heterocycles. The summed E-state index contributed by atoms with van der Waals surface area (Å²) in [5.74, 6) is -0.784. The quantitative estimate of drug-likeness (QED) is 0.715. The van der Waals surface area contributed by atoms with Crippen LogP contribution in [0.25, 0.3) is 0 Å². The predicted molar refractivity (Wildman–Crippen MR) is 101 cm³/mol. The lowest BCUT2D eigenvalue weighted by molar-refractivity contribution is -0.132. The number of ether oxygens (including phenoxy) is 1. The molecular formula is C18H22ClFN4O4. The number of urea groups is 1. The number of carbonyl (C=O) groups excluding carboxylic acids is 3. The Bertz CT molecular complexity index is 806. The van der Waals surface area contributed by atoms with E-state index in [1.807, 2.05) is 11.8 Å². The van der Waals surface area contributed by atoms with Crippen LogP contribution in [0.1, 0.15) is 19.8 Å². The molecule has 0 spiro atoms. The van der Waals surface area contributed by atoms with Crippen LogP contribution in [0.5, 0.6) is 5.75 Å². The van der Waals surface area contributed by atoms with Gasteiger partial charge in [0, 0.05) is 43.9 Å². The maximum atomic E-state index is 14.1. The molecule has 3 rings (SSSR count). The van der Waals surface area contributed by atoms with Crippen LogP contribution in [0.4, 0.5) is 14.9 Å². The van der Waals surface area contributed by atoms with E-state index < -0.39 is 23.8 Å².